The fourth-order valence-electron chi connectivity index (χ4n) is 2.25. The number of aryl methyl sites for hydroxylation is 1. The van der Waals surface area contributed by atoms with Gasteiger partial charge in [-0.2, -0.15) is 5.10 Å². The predicted molar refractivity (Wildman–Crippen MR) is 65.4 cm³/mol. The number of allylic oxidation sites excluding steroid dienone is 2. The predicted octanol–water partition coefficient (Wildman–Crippen LogP) is -0.631. The molecule has 0 aliphatic heterocycles. The Morgan fingerprint density at radius 1 is 1.42 bits per heavy atom. The highest BCUT2D eigenvalue weighted by Gasteiger charge is 2.29. The second-order valence-corrected chi connectivity index (χ2v) is 4.71. The van der Waals surface area contributed by atoms with Gasteiger partial charge in [0.05, 0.1) is 6.20 Å². The number of carbonyl (C=O) groups excluding carboxylic acids is 2. The van der Waals surface area contributed by atoms with Crippen LogP contribution in [0, 0.1) is 11.8 Å². The van der Waals surface area contributed by atoms with Crippen molar-refractivity contribution >= 4 is 11.9 Å². The Morgan fingerprint density at radius 3 is 2.68 bits per heavy atom. The Balaban J connectivity index is 1.95. The Bertz CT molecular complexity index is 507. The standard InChI is InChI=1S/C13H17N3O3/c1-16-8-9(7-15-16)6-14-12(17)10-4-2-3-5-11(10)13(18)19/h2-3,7-8,10-11H,4-6H2,1H3,(H,14,17)(H,18,19)/p-1. The summed E-state index contributed by atoms with van der Waals surface area (Å²) in [7, 11) is 1.80. The van der Waals surface area contributed by atoms with Crippen LogP contribution in [0.25, 0.3) is 0 Å². The van der Waals surface area contributed by atoms with Crippen molar-refractivity contribution in [2.24, 2.45) is 18.9 Å². The van der Waals surface area contributed by atoms with E-state index in [2.05, 4.69) is 10.4 Å². The van der Waals surface area contributed by atoms with Crippen LogP contribution in [-0.4, -0.2) is 21.7 Å². The summed E-state index contributed by atoms with van der Waals surface area (Å²) in [5, 5.41) is 17.8. The van der Waals surface area contributed by atoms with Crippen LogP contribution in [0.3, 0.4) is 0 Å². The van der Waals surface area contributed by atoms with E-state index >= 15 is 0 Å². The maximum atomic E-state index is 12.0. The van der Waals surface area contributed by atoms with Crippen molar-refractivity contribution < 1.29 is 14.7 Å². The van der Waals surface area contributed by atoms with Gasteiger partial charge in [0.2, 0.25) is 5.91 Å². The number of hydrogen-bond acceptors (Lipinski definition) is 4. The first-order chi connectivity index (χ1) is 9.08. The van der Waals surface area contributed by atoms with Gasteiger partial charge in [0.1, 0.15) is 0 Å². The third kappa shape index (κ3) is 3.21. The number of nitrogens with zero attached hydrogens (tertiary/aromatic N) is 2. The molecule has 1 N–H and O–H groups in total. The van der Waals surface area contributed by atoms with Gasteiger partial charge in [-0.1, -0.05) is 12.2 Å². The minimum Gasteiger partial charge on any atom is -0.550 e. The number of amides is 1. The Kier molecular flexibility index (Phi) is 3.99. The van der Waals surface area contributed by atoms with Gasteiger partial charge in [0, 0.05) is 43.2 Å². The van der Waals surface area contributed by atoms with Crippen molar-refractivity contribution in [3.8, 4) is 0 Å². The number of nitrogens with one attached hydrogen (secondary N) is 1. The Labute approximate surface area is 111 Å². The van der Waals surface area contributed by atoms with Gasteiger partial charge in [0.15, 0.2) is 0 Å². The lowest BCUT2D eigenvalue weighted by atomic mass is 9.82. The van der Waals surface area contributed by atoms with E-state index in [0.29, 0.717) is 19.4 Å². The Hall–Kier alpha value is -2.11. The molecular formula is C13H16N3O3-. The number of hydrogen-bond donors (Lipinski definition) is 1. The Morgan fingerprint density at radius 2 is 2.11 bits per heavy atom. The molecule has 1 aromatic rings. The van der Waals surface area contributed by atoms with Crippen LogP contribution in [0.5, 0.6) is 0 Å². The monoisotopic (exact) mass is 262 g/mol. The molecule has 0 bridgehead atoms. The molecule has 2 unspecified atom stereocenters. The zero-order valence-electron chi connectivity index (χ0n) is 10.7. The van der Waals surface area contributed by atoms with E-state index in [9.17, 15) is 14.7 Å². The molecule has 1 amide bonds. The second kappa shape index (κ2) is 5.69. The summed E-state index contributed by atoms with van der Waals surface area (Å²) in [5.41, 5.74) is 0.882. The molecule has 1 aromatic heterocycles. The van der Waals surface area contributed by atoms with Crippen LogP contribution in [0.4, 0.5) is 0 Å². The van der Waals surface area contributed by atoms with Crippen molar-refractivity contribution in [1.82, 2.24) is 15.1 Å². The van der Waals surface area contributed by atoms with E-state index in [1.807, 2.05) is 6.08 Å². The first-order valence-corrected chi connectivity index (χ1v) is 6.19. The van der Waals surface area contributed by atoms with Gasteiger partial charge < -0.3 is 15.2 Å². The average molecular weight is 262 g/mol. The zero-order valence-corrected chi connectivity index (χ0v) is 10.7. The topological polar surface area (TPSA) is 87.0 Å². The molecule has 0 aromatic carbocycles. The SMILES string of the molecule is Cn1cc(CNC(=O)C2CC=CCC2C(=O)[O-])cn1. The van der Waals surface area contributed by atoms with Crippen molar-refractivity contribution in [2.75, 3.05) is 0 Å². The minimum atomic E-state index is -1.16. The second-order valence-electron chi connectivity index (χ2n) is 4.71. The van der Waals surface area contributed by atoms with Crippen LogP contribution < -0.4 is 10.4 Å². The number of carbonyl (C=O) groups is 2. The molecule has 6 heteroatoms. The summed E-state index contributed by atoms with van der Waals surface area (Å²) in [6, 6.07) is 0. The van der Waals surface area contributed by atoms with Crippen LogP contribution in [0.2, 0.25) is 0 Å². The van der Waals surface area contributed by atoms with Crippen molar-refractivity contribution in [1.29, 1.82) is 0 Å². The maximum absolute atomic E-state index is 12.0. The molecule has 19 heavy (non-hydrogen) atoms. The molecule has 1 heterocycles. The third-order valence-corrected chi connectivity index (χ3v) is 3.30. The maximum Gasteiger partial charge on any atom is 0.224 e. The van der Waals surface area contributed by atoms with Crippen LogP contribution in [-0.2, 0) is 23.2 Å². The number of rotatable bonds is 4. The normalized spacial score (nSPS) is 22.2. The van der Waals surface area contributed by atoms with E-state index in [1.165, 1.54) is 0 Å². The molecule has 0 radical (unpaired) electrons. The number of carboxylic acids is 1. The average Bonchev–Trinajstić information content (AvgIpc) is 2.81. The number of carboxylic acid groups (broad SMARTS) is 1. The highest BCUT2D eigenvalue weighted by molar-refractivity contribution is 5.84. The fraction of sp³-hybridized carbons (Fsp3) is 0.462. The highest BCUT2D eigenvalue weighted by atomic mass is 16.4. The minimum absolute atomic E-state index is 0.248. The summed E-state index contributed by atoms with van der Waals surface area (Å²) >= 11 is 0. The number of aromatic nitrogens is 2. The summed E-state index contributed by atoms with van der Waals surface area (Å²) in [4.78, 5) is 23.0. The summed E-state index contributed by atoms with van der Waals surface area (Å²) in [5.74, 6) is -2.70. The number of aliphatic carboxylic acids is 1. The van der Waals surface area contributed by atoms with E-state index in [1.54, 1.807) is 30.2 Å². The summed E-state index contributed by atoms with van der Waals surface area (Å²) in [6.45, 7) is 0.354. The smallest absolute Gasteiger partial charge is 0.224 e. The summed E-state index contributed by atoms with van der Waals surface area (Å²) < 4.78 is 1.65. The van der Waals surface area contributed by atoms with Crippen molar-refractivity contribution in [3.05, 3.63) is 30.1 Å². The molecule has 0 spiro atoms. The fourth-order valence-corrected chi connectivity index (χ4v) is 2.25. The highest BCUT2D eigenvalue weighted by Crippen LogP contribution is 2.25. The van der Waals surface area contributed by atoms with E-state index in [0.717, 1.165) is 5.56 Å². The molecule has 102 valence electrons. The first kappa shape index (κ1) is 13.3. The molecule has 1 aliphatic rings. The molecule has 2 atom stereocenters. The zero-order chi connectivity index (χ0) is 13.8. The molecule has 0 saturated heterocycles. The summed E-state index contributed by atoms with van der Waals surface area (Å²) in [6.07, 6.45) is 7.89. The van der Waals surface area contributed by atoms with E-state index in [4.69, 9.17) is 0 Å². The molecule has 2 rings (SSSR count). The van der Waals surface area contributed by atoms with Crippen molar-refractivity contribution in [2.45, 2.75) is 19.4 Å². The van der Waals surface area contributed by atoms with Gasteiger partial charge in [0.25, 0.3) is 0 Å². The van der Waals surface area contributed by atoms with Gasteiger partial charge in [-0.25, -0.2) is 0 Å². The van der Waals surface area contributed by atoms with Crippen LogP contribution in [0.15, 0.2) is 24.5 Å². The quantitative estimate of drug-likeness (QED) is 0.732. The van der Waals surface area contributed by atoms with E-state index < -0.39 is 17.8 Å². The third-order valence-electron chi connectivity index (χ3n) is 3.30. The molecular weight excluding hydrogens is 246 g/mol. The van der Waals surface area contributed by atoms with Crippen LogP contribution in [0.1, 0.15) is 18.4 Å². The molecule has 0 fully saturated rings. The molecule has 0 saturated carbocycles. The molecule has 1 aliphatic carbocycles. The lowest BCUT2D eigenvalue weighted by Gasteiger charge is -2.28. The van der Waals surface area contributed by atoms with E-state index in [-0.39, 0.29) is 5.91 Å². The van der Waals surface area contributed by atoms with Gasteiger partial charge in [-0.3, -0.25) is 9.48 Å². The van der Waals surface area contributed by atoms with Gasteiger partial charge in [-0.05, 0) is 12.8 Å². The van der Waals surface area contributed by atoms with Gasteiger partial charge in [-0.15, -0.1) is 0 Å². The van der Waals surface area contributed by atoms with Crippen LogP contribution >= 0.6 is 0 Å². The van der Waals surface area contributed by atoms with Gasteiger partial charge >= 0.3 is 0 Å². The largest absolute Gasteiger partial charge is 0.550 e. The first-order valence-electron chi connectivity index (χ1n) is 6.19. The lowest BCUT2D eigenvalue weighted by Crippen LogP contribution is -2.43. The lowest BCUT2D eigenvalue weighted by molar-refractivity contribution is -0.313. The molecule has 6 nitrogen and oxygen atoms in total. The van der Waals surface area contributed by atoms with Crippen molar-refractivity contribution in [3.63, 3.8) is 0 Å².